The third-order valence-electron chi connectivity index (χ3n) is 3.19. The molecule has 1 aromatic heterocycles. The van der Waals surface area contributed by atoms with E-state index in [0.29, 0.717) is 18.7 Å². The van der Waals surface area contributed by atoms with E-state index in [1.807, 2.05) is 4.57 Å². The zero-order valence-corrected chi connectivity index (χ0v) is 10.1. The van der Waals surface area contributed by atoms with Crippen LogP contribution < -0.4 is 0 Å². The molecule has 2 N–H and O–H groups in total. The van der Waals surface area contributed by atoms with E-state index in [1.54, 1.807) is 0 Å². The van der Waals surface area contributed by atoms with E-state index in [9.17, 15) is 9.59 Å². The van der Waals surface area contributed by atoms with Gasteiger partial charge in [-0.1, -0.05) is 0 Å². The van der Waals surface area contributed by atoms with Crippen LogP contribution in [0.5, 0.6) is 0 Å². The predicted molar refractivity (Wildman–Crippen MR) is 62.7 cm³/mol. The third kappa shape index (κ3) is 2.52. The largest absolute Gasteiger partial charge is 0.481 e. The number of aryl methyl sites for hydroxylation is 1. The molecule has 2 rings (SSSR count). The summed E-state index contributed by atoms with van der Waals surface area (Å²) in [5.41, 5.74) is 0.930. The summed E-state index contributed by atoms with van der Waals surface area (Å²) in [5, 5.41) is 17.7. The molecular formula is C12H16N2O4. The molecule has 0 bridgehead atoms. The highest BCUT2D eigenvalue weighted by Crippen LogP contribution is 2.22. The van der Waals surface area contributed by atoms with E-state index in [1.165, 1.54) is 0 Å². The highest BCUT2D eigenvalue weighted by molar-refractivity contribution is 5.87. The molecule has 1 aromatic rings. The van der Waals surface area contributed by atoms with E-state index in [2.05, 4.69) is 4.98 Å². The van der Waals surface area contributed by atoms with Crippen LogP contribution in [-0.4, -0.2) is 31.7 Å². The summed E-state index contributed by atoms with van der Waals surface area (Å²) in [5.74, 6) is -1.12. The van der Waals surface area contributed by atoms with Crippen molar-refractivity contribution in [1.29, 1.82) is 0 Å². The van der Waals surface area contributed by atoms with Crippen molar-refractivity contribution in [3.05, 3.63) is 17.2 Å². The van der Waals surface area contributed by atoms with E-state index in [4.69, 9.17) is 10.2 Å². The van der Waals surface area contributed by atoms with Gasteiger partial charge in [-0.15, -0.1) is 0 Å². The van der Waals surface area contributed by atoms with E-state index in [0.717, 1.165) is 31.5 Å². The Balaban J connectivity index is 2.19. The summed E-state index contributed by atoms with van der Waals surface area (Å²) >= 11 is 0. The van der Waals surface area contributed by atoms with Crippen LogP contribution in [0.4, 0.5) is 0 Å². The molecule has 0 aromatic carbocycles. The number of carbonyl (C=O) groups is 2. The molecule has 0 aliphatic carbocycles. The molecule has 1 aliphatic heterocycles. The number of imidazole rings is 1. The van der Waals surface area contributed by atoms with Gasteiger partial charge in [-0.25, -0.2) is 9.78 Å². The minimum absolute atomic E-state index is 0.0879. The lowest BCUT2D eigenvalue weighted by atomic mass is 10.1. The third-order valence-corrected chi connectivity index (χ3v) is 3.19. The molecule has 0 amide bonds. The van der Waals surface area contributed by atoms with Crippen LogP contribution in [0.25, 0.3) is 0 Å². The maximum absolute atomic E-state index is 11.1. The Morgan fingerprint density at radius 1 is 1.28 bits per heavy atom. The smallest absolute Gasteiger partial charge is 0.356 e. The van der Waals surface area contributed by atoms with E-state index < -0.39 is 11.9 Å². The summed E-state index contributed by atoms with van der Waals surface area (Å²) in [6, 6.07) is 0. The van der Waals surface area contributed by atoms with Crippen LogP contribution in [0, 0.1) is 0 Å². The topological polar surface area (TPSA) is 92.4 Å². The molecule has 0 radical (unpaired) electrons. The monoisotopic (exact) mass is 252 g/mol. The van der Waals surface area contributed by atoms with Gasteiger partial charge in [-0.3, -0.25) is 4.79 Å². The normalized spacial score (nSPS) is 14.2. The molecule has 0 saturated carbocycles. The predicted octanol–water partition coefficient (Wildman–Crippen LogP) is 1.32. The summed E-state index contributed by atoms with van der Waals surface area (Å²) in [7, 11) is 0. The van der Waals surface area contributed by atoms with Gasteiger partial charge in [0.1, 0.15) is 5.82 Å². The number of fused-ring (bicyclic) bond motifs is 1. The van der Waals surface area contributed by atoms with Gasteiger partial charge in [0.2, 0.25) is 0 Å². The lowest BCUT2D eigenvalue weighted by Gasteiger charge is -2.16. The van der Waals surface area contributed by atoms with Crippen molar-refractivity contribution in [3.63, 3.8) is 0 Å². The standard InChI is InChI=1S/C12H16N2O4/c15-10(16)6-3-5-9-13-11(12(17)18)8-4-1-2-7-14(8)9/h1-7H2,(H,15,16)(H,17,18). The highest BCUT2D eigenvalue weighted by atomic mass is 16.4. The first kappa shape index (κ1) is 12.6. The van der Waals surface area contributed by atoms with Crippen molar-refractivity contribution < 1.29 is 19.8 Å². The lowest BCUT2D eigenvalue weighted by molar-refractivity contribution is -0.137. The van der Waals surface area contributed by atoms with E-state index in [-0.39, 0.29) is 12.1 Å². The fraction of sp³-hybridized carbons (Fsp3) is 0.583. The maximum atomic E-state index is 11.1. The second-order valence-corrected chi connectivity index (χ2v) is 4.48. The molecule has 0 spiro atoms. The fourth-order valence-electron chi connectivity index (χ4n) is 2.38. The average molecular weight is 252 g/mol. The molecule has 6 heteroatoms. The number of aromatic nitrogens is 2. The Bertz CT molecular complexity index is 479. The second-order valence-electron chi connectivity index (χ2n) is 4.48. The Hall–Kier alpha value is -1.85. The molecule has 0 unspecified atom stereocenters. The van der Waals surface area contributed by atoms with Crippen molar-refractivity contribution in [2.75, 3.05) is 0 Å². The fourth-order valence-corrected chi connectivity index (χ4v) is 2.38. The van der Waals surface area contributed by atoms with Crippen LogP contribution in [-0.2, 0) is 24.2 Å². The van der Waals surface area contributed by atoms with Crippen molar-refractivity contribution >= 4 is 11.9 Å². The molecular weight excluding hydrogens is 236 g/mol. The first-order valence-electron chi connectivity index (χ1n) is 6.13. The zero-order valence-electron chi connectivity index (χ0n) is 10.1. The SMILES string of the molecule is O=C(O)CCCc1nc(C(=O)O)c2n1CCCC2. The summed E-state index contributed by atoms with van der Waals surface area (Å²) < 4.78 is 1.95. The van der Waals surface area contributed by atoms with Gasteiger partial charge in [0.05, 0.1) is 5.69 Å². The van der Waals surface area contributed by atoms with Gasteiger partial charge >= 0.3 is 11.9 Å². The van der Waals surface area contributed by atoms with Crippen molar-refractivity contribution in [2.24, 2.45) is 0 Å². The molecule has 18 heavy (non-hydrogen) atoms. The number of rotatable bonds is 5. The summed E-state index contributed by atoms with van der Waals surface area (Å²) in [6.07, 6.45) is 3.85. The quantitative estimate of drug-likeness (QED) is 0.824. The molecule has 2 heterocycles. The first-order valence-corrected chi connectivity index (χ1v) is 6.13. The average Bonchev–Trinajstić information content (AvgIpc) is 2.68. The van der Waals surface area contributed by atoms with Gasteiger partial charge in [0.25, 0.3) is 0 Å². The maximum Gasteiger partial charge on any atom is 0.356 e. The van der Waals surface area contributed by atoms with Crippen LogP contribution in [0.3, 0.4) is 0 Å². The number of carboxylic acids is 2. The Morgan fingerprint density at radius 2 is 2.06 bits per heavy atom. The van der Waals surface area contributed by atoms with Crippen LogP contribution in [0.15, 0.2) is 0 Å². The minimum atomic E-state index is -0.995. The van der Waals surface area contributed by atoms with Gasteiger partial charge < -0.3 is 14.8 Å². The molecule has 0 atom stereocenters. The van der Waals surface area contributed by atoms with Gasteiger partial charge in [0, 0.05) is 19.4 Å². The Labute approximate surface area is 104 Å². The van der Waals surface area contributed by atoms with Crippen molar-refractivity contribution in [2.45, 2.75) is 45.1 Å². The number of nitrogens with zero attached hydrogens (tertiary/aromatic N) is 2. The molecule has 98 valence electrons. The number of aromatic carboxylic acids is 1. The van der Waals surface area contributed by atoms with Crippen LogP contribution >= 0.6 is 0 Å². The number of hydrogen-bond donors (Lipinski definition) is 2. The Kier molecular flexibility index (Phi) is 3.64. The highest BCUT2D eigenvalue weighted by Gasteiger charge is 2.23. The first-order chi connectivity index (χ1) is 8.59. The number of hydrogen-bond acceptors (Lipinski definition) is 3. The zero-order chi connectivity index (χ0) is 13.1. The lowest BCUT2D eigenvalue weighted by Crippen LogP contribution is -2.14. The minimum Gasteiger partial charge on any atom is -0.481 e. The van der Waals surface area contributed by atoms with Gasteiger partial charge in [-0.05, 0) is 25.7 Å². The second kappa shape index (κ2) is 5.20. The van der Waals surface area contributed by atoms with Crippen LogP contribution in [0.2, 0.25) is 0 Å². The van der Waals surface area contributed by atoms with Gasteiger partial charge in [-0.2, -0.15) is 0 Å². The van der Waals surface area contributed by atoms with Crippen molar-refractivity contribution in [1.82, 2.24) is 9.55 Å². The van der Waals surface area contributed by atoms with Crippen molar-refractivity contribution in [3.8, 4) is 0 Å². The summed E-state index contributed by atoms with van der Waals surface area (Å²) in [6.45, 7) is 0.790. The van der Waals surface area contributed by atoms with E-state index >= 15 is 0 Å². The number of carboxylic acid groups (broad SMARTS) is 2. The molecule has 6 nitrogen and oxygen atoms in total. The summed E-state index contributed by atoms with van der Waals surface area (Å²) in [4.78, 5) is 25.7. The Morgan fingerprint density at radius 3 is 2.72 bits per heavy atom. The van der Waals surface area contributed by atoms with Crippen LogP contribution in [0.1, 0.15) is 47.7 Å². The molecule has 1 aliphatic rings. The molecule has 0 saturated heterocycles. The molecule has 0 fully saturated rings. The number of aliphatic carboxylic acids is 1. The van der Waals surface area contributed by atoms with Gasteiger partial charge in [0.15, 0.2) is 5.69 Å².